The predicted molar refractivity (Wildman–Crippen MR) is 57.8 cm³/mol. The second-order valence-electron chi connectivity index (χ2n) is 3.59. The van der Waals surface area contributed by atoms with Crippen LogP contribution in [0.15, 0.2) is 12.1 Å². The van der Waals surface area contributed by atoms with Crippen LogP contribution >= 0.6 is 11.6 Å². The van der Waals surface area contributed by atoms with Crippen LogP contribution in [0.2, 0.25) is 5.02 Å². The molecule has 6 heteroatoms. The molecule has 0 bridgehead atoms. The molecule has 0 radical (unpaired) electrons. The number of hydrogen-bond donors (Lipinski definition) is 2. The minimum Gasteiger partial charge on any atom is -0.481 e. The van der Waals surface area contributed by atoms with Gasteiger partial charge in [0.2, 0.25) is 0 Å². The van der Waals surface area contributed by atoms with Crippen molar-refractivity contribution in [3.8, 4) is 0 Å². The summed E-state index contributed by atoms with van der Waals surface area (Å²) in [5.74, 6) is -3.16. The van der Waals surface area contributed by atoms with Crippen LogP contribution in [0.25, 0.3) is 0 Å². The minimum atomic E-state index is -1.10. The number of halogens is 3. The van der Waals surface area contributed by atoms with Crippen molar-refractivity contribution >= 4 is 17.6 Å². The summed E-state index contributed by atoms with van der Waals surface area (Å²) in [4.78, 5) is 10.3. The molecular formula is C11H11ClF2O3. The van der Waals surface area contributed by atoms with Crippen LogP contribution in [0.3, 0.4) is 0 Å². The number of carboxylic acid groups (broad SMARTS) is 1. The van der Waals surface area contributed by atoms with Gasteiger partial charge in [0, 0.05) is 17.0 Å². The fourth-order valence-corrected chi connectivity index (χ4v) is 1.67. The van der Waals surface area contributed by atoms with E-state index < -0.39 is 23.7 Å². The van der Waals surface area contributed by atoms with E-state index in [0.717, 1.165) is 12.1 Å². The molecule has 1 atom stereocenters. The molecule has 0 saturated carbocycles. The summed E-state index contributed by atoms with van der Waals surface area (Å²) < 4.78 is 25.7. The molecule has 0 saturated heterocycles. The van der Waals surface area contributed by atoms with Crippen molar-refractivity contribution in [2.24, 2.45) is 0 Å². The van der Waals surface area contributed by atoms with Crippen LogP contribution in [-0.2, 0) is 4.79 Å². The molecule has 1 aromatic rings. The van der Waals surface area contributed by atoms with Gasteiger partial charge in [-0.05, 0) is 25.0 Å². The Balaban J connectivity index is 2.71. The number of rotatable bonds is 5. The molecule has 0 aromatic heterocycles. The maximum Gasteiger partial charge on any atom is 0.303 e. The lowest BCUT2D eigenvalue weighted by atomic mass is 10.0. The number of aliphatic hydroxyl groups excluding tert-OH is 1. The summed E-state index contributed by atoms with van der Waals surface area (Å²) in [5, 5.41) is 18.0. The summed E-state index contributed by atoms with van der Waals surface area (Å²) in [6.07, 6.45) is -0.849. The Kier molecular flexibility index (Phi) is 4.84. The van der Waals surface area contributed by atoms with Crippen LogP contribution in [0.4, 0.5) is 8.78 Å². The zero-order chi connectivity index (χ0) is 13.0. The molecule has 0 amide bonds. The monoisotopic (exact) mass is 264 g/mol. The van der Waals surface area contributed by atoms with Gasteiger partial charge in [-0.2, -0.15) is 0 Å². The van der Waals surface area contributed by atoms with Crippen molar-refractivity contribution in [2.75, 3.05) is 0 Å². The molecule has 2 N–H and O–H groups in total. The molecule has 1 unspecified atom stereocenters. The van der Waals surface area contributed by atoms with Gasteiger partial charge in [0.25, 0.3) is 0 Å². The van der Waals surface area contributed by atoms with Crippen molar-refractivity contribution in [3.63, 3.8) is 0 Å². The van der Waals surface area contributed by atoms with Gasteiger partial charge in [-0.1, -0.05) is 11.6 Å². The van der Waals surface area contributed by atoms with E-state index in [1.807, 2.05) is 0 Å². The Bertz CT molecular complexity index is 423. The number of carbonyl (C=O) groups is 1. The molecule has 0 aliphatic rings. The molecule has 0 aliphatic heterocycles. The number of benzene rings is 1. The highest BCUT2D eigenvalue weighted by Gasteiger charge is 2.15. The maximum atomic E-state index is 12.9. The van der Waals surface area contributed by atoms with E-state index >= 15 is 0 Å². The maximum absolute atomic E-state index is 12.9. The average molecular weight is 265 g/mol. The lowest BCUT2D eigenvalue weighted by Crippen LogP contribution is -2.02. The van der Waals surface area contributed by atoms with Crippen molar-refractivity contribution in [1.29, 1.82) is 0 Å². The van der Waals surface area contributed by atoms with Crippen LogP contribution in [0.5, 0.6) is 0 Å². The Morgan fingerprint density at radius 2 is 1.94 bits per heavy atom. The van der Waals surface area contributed by atoms with E-state index in [9.17, 15) is 18.7 Å². The lowest BCUT2D eigenvalue weighted by Gasteiger charge is -2.12. The lowest BCUT2D eigenvalue weighted by molar-refractivity contribution is -0.137. The number of aliphatic carboxylic acids is 1. The predicted octanol–water partition coefficient (Wildman–Crippen LogP) is 2.91. The smallest absolute Gasteiger partial charge is 0.303 e. The Labute approximate surface area is 102 Å². The average Bonchev–Trinajstić information content (AvgIpc) is 2.22. The van der Waals surface area contributed by atoms with Gasteiger partial charge in [-0.25, -0.2) is 8.78 Å². The van der Waals surface area contributed by atoms with Crippen molar-refractivity contribution in [1.82, 2.24) is 0 Å². The topological polar surface area (TPSA) is 57.5 Å². The van der Waals surface area contributed by atoms with E-state index in [-0.39, 0.29) is 29.8 Å². The molecule has 0 fully saturated rings. The van der Waals surface area contributed by atoms with E-state index in [0.29, 0.717) is 0 Å². The molecule has 0 aliphatic carbocycles. The van der Waals surface area contributed by atoms with Crippen LogP contribution in [0, 0.1) is 11.6 Å². The summed E-state index contributed by atoms with van der Waals surface area (Å²) >= 11 is 5.65. The molecule has 1 aromatic carbocycles. The fraction of sp³-hybridized carbons (Fsp3) is 0.364. The van der Waals surface area contributed by atoms with Crippen molar-refractivity contribution in [2.45, 2.75) is 25.4 Å². The normalized spacial score (nSPS) is 12.5. The molecular weight excluding hydrogens is 254 g/mol. The Hall–Kier alpha value is -1.20. The number of aliphatic hydroxyl groups is 1. The van der Waals surface area contributed by atoms with Gasteiger partial charge >= 0.3 is 5.97 Å². The van der Waals surface area contributed by atoms with E-state index in [1.165, 1.54) is 0 Å². The van der Waals surface area contributed by atoms with Gasteiger partial charge in [0.05, 0.1) is 6.10 Å². The minimum absolute atomic E-state index is 0.0657. The quantitative estimate of drug-likeness (QED) is 0.804. The van der Waals surface area contributed by atoms with Crippen LogP contribution in [0.1, 0.15) is 30.9 Å². The second kappa shape index (κ2) is 5.93. The van der Waals surface area contributed by atoms with E-state index in [2.05, 4.69) is 0 Å². The van der Waals surface area contributed by atoms with Crippen molar-refractivity contribution in [3.05, 3.63) is 34.4 Å². The molecule has 3 nitrogen and oxygen atoms in total. The molecule has 0 spiro atoms. The molecule has 0 heterocycles. The molecule has 94 valence electrons. The largest absolute Gasteiger partial charge is 0.481 e. The van der Waals surface area contributed by atoms with Gasteiger partial charge < -0.3 is 10.2 Å². The third-order valence-corrected chi connectivity index (χ3v) is 2.59. The van der Waals surface area contributed by atoms with Gasteiger partial charge in [-0.3, -0.25) is 4.79 Å². The zero-order valence-electron chi connectivity index (χ0n) is 8.79. The summed E-state index contributed by atoms with van der Waals surface area (Å²) in [7, 11) is 0. The molecule has 1 rings (SSSR count). The standard InChI is InChI=1S/C11H11ClF2O3/c12-7-5-9(14)8(13)4-6(7)10(15)2-1-3-11(16)17/h4-5,10,15H,1-3H2,(H,16,17). The second-order valence-corrected chi connectivity index (χ2v) is 4.00. The number of hydrogen-bond acceptors (Lipinski definition) is 2. The number of carboxylic acids is 1. The third kappa shape index (κ3) is 3.94. The molecule has 17 heavy (non-hydrogen) atoms. The third-order valence-electron chi connectivity index (χ3n) is 2.27. The zero-order valence-corrected chi connectivity index (χ0v) is 9.55. The summed E-state index contributed by atoms with van der Waals surface area (Å²) in [6, 6.07) is 1.61. The van der Waals surface area contributed by atoms with Crippen LogP contribution < -0.4 is 0 Å². The van der Waals surface area contributed by atoms with Crippen molar-refractivity contribution < 1.29 is 23.8 Å². The van der Waals surface area contributed by atoms with Gasteiger partial charge in [0.1, 0.15) is 0 Å². The summed E-state index contributed by atoms with van der Waals surface area (Å²) in [6.45, 7) is 0. The highest BCUT2D eigenvalue weighted by molar-refractivity contribution is 6.31. The first-order chi connectivity index (χ1) is 7.91. The van der Waals surface area contributed by atoms with E-state index in [4.69, 9.17) is 16.7 Å². The first-order valence-corrected chi connectivity index (χ1v) is 5.34. The highest BCUT2D eigenvalue weighted by Crippen LogP contribution is 2.28. The fourth-order valence-electron chi connectivity index (χ4n) is 1.40. The highest BCUT2D eigenvalue weighted by atomic mass is 35.5. The summed E-state index contributed by atoms with van der Waals surface area (Å²) in [5.41, 5.74) is 0.0657. The van der Waals surface area contributed by atoms with E-state index in [1.54, 1.807) is 0 Å². The first kappa shape index (κ1) is 13.9. The first-order valence-electron chi connectivity index (χ1n) is 4.96. The SMILES string of the molecule is O=C(O)CCCC(O)c1cc(F)c(F)cc1Cl. The Morgan fingerprint density at radius 1 is 1.35 bits per heavy atom. The van der Waals surface area contributed by atoms with Gasteiger partial charge in [-0.15, -0.1) is 0 Å². The Morgan fingerprint density at radius 3 is 2.53 bits per heavy atom. The van der Waals surface area contributed by atoms with Crippen LogP contribution in [-0.4, -0.2) is 16.2 Å². The van der Waals surface area contributed by atoms with Gasteiger partial charge in [0.15, 0.2) is 11.6 Å².